The molecule has 0 saturated heterocycles. The molecule has 0 bridgehead atoms. The van der Waals surface area contributed by atoms with Gasteiger partial charge in [0, 0.05) is 13.7 Å². The molecule has 4 nitrogen and oxygen atoms in total. The van der Waals surface area contributed by atoms with Crippen molar-refractivity contribution >= 4 is 0 Å². The van der Waals surface area contributed by atoms with E-state index in [0.717, 1.165) is 63.7 Å². The standard InChI is InChI=1S/C16H27NO3/c1-3-12-19-15-8-4-5-9-16(15)20-13-7-6-10-17-11-14-18-2/h4-5,8-9,17H,3,6-7,10-14H2,1-2H3. The van der Waals surface area contributed by atoms with Gasteiger partial charge in [-0.05, 0) is 37.9 Å². The molecule has 0 amide bonds. The van der Waals surface area contributed by atoms with E-state index < -0.39 is 0 Å². The van der Waals surface area contributed by atoms with Crippen LogP contribution in [-0.2, 0) is 4.74 Å². The third-order valence-electron chi connectivity index (χ3n) is 2.80. The number of unbranched alkanes of at least 4 members (excludes halogenated alkanes) is 1. The fourth-order valence-electron chi connectivity index (χ4n) is 1.73. The molecular weight excluding hydrogens is 254 g/mol. The van der Waals surface area contributed by atoms with Gasteiger partial charge >= 0.3 is 0 Å². The molecule has 0 heterocycles. The summed E-state index contributed by atoms with van der Waals surface area (Å²) in [7, 11) is 1.72. The van der Waals surface area contributed by atoms with Crippen LogP contribution in [0.1, 0.15) is 26.2 Å². The van der Waals surface area contributed by atoms with Gasteiger partial charge in [0.15, 0.2) is 11.5 Å². The molecule has 0 unspecified atom stereocenters. The van der Waals surface area contributed by atoms with Crippen LogP contribution in [0.5, 0.6) is 11.5 Å². The molecule has 20 heavy (non-hydrogen) atoms. The van der Waals surface area contributed by atoms with Gasteiger partial charge < -0.3 is 19.5 Å². The van der Waals surface area contributed by atoms with Crippen molar-refractivity contribution in [2.75, 3.05) is 40.0 Å². The SMILES string of the molecule is CCCOc1ccccc1OCCCCNCCOC. The number of para-hydroxylation sites is 2. The van der Waals surface area contributed by atoms with Crippen LogP contribution in [0.25, 0.3) is 0 Å². The second-order valence-electron chi connectivity index (χ2n) is 4.59. The van der Waals surface area contributed by atoms with E-state index in [1.807, 2.05) is 24.3 Å². The molecule has 114 valence electrons. The molecule has 0 saturated carbocycles. The van der Waals surface area contributed by atoms with E-state index in [4.69, 9.17) is 14.2 Å². The molecule has 0 aromatic heterocycles. The summed E-state index contributed by atoms with van der Waals surface area (Å²) in [6, 6.07) is 7.86. The summed E-state index contributed by atoms with van der Waals surface area (Å²) in [4.78, 5) is 0. The Balaban J connectivity index is 2.15. The van der Waals surface area contributed by atoms with Crippen LogP contribution in [0.3, 0.4) is 0 Å². The van der Waals surface area contributed by atoms with Gasteiger partial charge in [0.05, 0.1) is 19.8 Å². The maximum atomic E-state index is 5.78. The third kappa shape index (κ3) is 7.36. The zero-order valence-corrected chi connectivity index (χ0v) is 12.7. The van der Waals surface area contributed by atoms with Crippen molar-refractivity contribution in [3.05, 3.63) is 24.3 Å². The Morgan fingerprint density at radius 1 is 0.900 bits per heavy atom. The minimum absolute atomic E-state index is 0.721. The van der Waals surface area contributed by atoms with Crippen molar-refractivity contribution in [3.8, 4) is 11.5 Å². The molecule has 1 aromatic rings. The normalized spacial score (nSPS) is 10.5. The molecule has 1 rings (SSSR count). The van der Waals surface area contributed by atoms with Crippen LogP contribution in [0, 0.1) is 0 Å². The van der Waals surface area contributed by atoms with Gasteiger partial charge in [0.1, 0.15) is 0 Å². The van der Waals surface area contributed by atoms with Gasteiger partial charge in [-0.25, -0.2) is 0 Å². The number of hydrogen-bond donors (Lipinski definition) is 1. The zero-order valence-electron chi connectivity index (χ0n) is 12.7. The maximum absolute atomic E-state index is 5.78. The smallest absolute Gasteiger partial charge is 0.161 e. The number of hydrogen-bond acceptors (Lipinski definition) is 4. The molecule has 0 aliphatic heterocycles. The quantitative estimate of drug-likeness (QED) is 0.598. The Bertz CT molecular complexity index is 344. The van der Waals surface area contributed by atoms with Crippen LogP contribution in [0.15, 0.2) is 24.3 Å². The van der Waals surface area contributed by atoms with Crippen molar-refractivity contribution in [1.82, 2.24) is 5.32 Å². The van der Waals surface area contributed by atoms with Gasteiger partial charge in [0.25, 0.3) is 0 Å². The van der Waals surface area contributed by atoms with Crippen LogP contribution in [0.2, 0.25) is 0 Å². The Labute approximate surface area is 122 Å². The topological polar surface area (TPSA) is 39.7 Å². The monoisotopic (exact) mass is 281 g/mol. The summed E-state index contributed by atoms with van der Waals surface area (Å²) >= 11 is 0. The molecule has 0 aliphatic rings. The molecule has 0 atom stereocenters. The molecular formula is C16H27NO3. The lowest BCUT2D eigenvalue weighted by atomic mass is 10.3. The average Bonchev–Trinajstić information content (AvgIpc) is 2.49. The Morgan fingerprint density at radius 2 is 1.60 bits per heavy atom. The van der Waals surface area contributed by atoms with Gasteiger partial charge in [-0.15, -0.1) is 0 Å². The van der Waals surface area contributed by atoms with E-state index in [9.17, 15) is 0 Å². The first-order valence-corrected chi connectivity index (χ1v) is 7.42. The van der Waals surface area contributed by atoms with E-state index >= 15 is 0 Å². The summed E-state index contributed by atoms with van der Waals surface area (Å²) in [5.74, 6) is 1.68. The van der Waals surface area contributed by atoms with E-state index in [-0.39, 0.29) is 0 Å². The largest absolute Gasteiger partial charge is 0.490 e. The summed E-state index contributed by atoms with van der Waals surface area (Å²) < 4.78 is 16.4. The fraction of sp³-hybridized carbons (Fsp3) is 0.625. The molecule has 0 radical (unpaired) electrons. The van der Waals surface area contributed by atoms with E-state index in [0.29, 0.717) is 0 Å². The van der Waals surface area contributed by atoms with Crippen molar-refractivity contribution in [2.45, 2.75) is 26.2 Å². The highest BCUT2D eigenvalue weighted by molar-refractivity contribution is 5.39. The van der Waals surface area contributed by atoms with E-state index in [1.54, 1.807) is 7.11 Å². The van der Waals surface area contributed by atoms with Gasteiger partial charge in [-0.3, -0.25) is 0 Å². The van der Waals surface area contributed by atoms with Crippen LogP contribution in [-0.4, -0.2) is 40.0 Å². The molecule has 1 aromatic carbocycles. The van der Waals surface area contributed by atoms with Crippen LogP contribution in [0.4, 0.5) is 0 Å². The summed E-state index contributed by atoms with van der Waals surface area (Å²) in [6.45, 7) is 6.21. The van der Waals surface area contributed by atoms with Crippen molar-refractivity contribution in [2.24, 2.45) is 0 Å². The molecule has 1 N–H and O–H groups in total. The lowest BCUT2D eigenvalue weighted by molar-refractivity contribution is 0.199. The van der Waals surface area contributed by atoms with Gasteiger partial charge in [-0.2, -0.15) is 0 Å². The Morgan fingerprint density at radius 3 is 2.25 bits per heavy atom. The number of nitrogens with one attached hydrogen (secondary N) is 1. The van der Waals surface area contributed by atoms with Gasteiger partial charge in [0.2, 0.25) is 0 Å². The first kappa shape index (κ1) is 16.8. The van der Waals surface area contributed by atoms with E-state index in [2.05, 4.69) is 12.2 Å². The number of methoxy groups -OCH3 is 1. The lowest BCUT2D eigenvalue weighted by Crippen LogP contribution is -2.20. The van der Waals surface area contributed by atoms with Crippen molar-refractivity contribution in [1.29, 1.82) is 0 Å². The predicted octanol–water partition coefficient (Wildman–Crippen LogP) is 2.87. The first-order valence-electron chi connectivity index (χ1n) is 7.42. The van der Waals surface area contributed by atoms with E-state index in [1.165, 1.54) is 0 Å². The highest BCUT2D eigenvalue weighted by Gasteiger charge is 2.03. The lowest BCUT2D eigenvalue weighted by Gasteiger charge is -2.12. The van der Waals surface area contributed by atoms with Crippen molar-refractivity contribution in [3.63, 3.8) is 0 Å². The summed E-state index contributed by atoms with van der Waals surface area (Å²) in [5, 5.41) is 3.32. The summed E-state index contributed by atoms with van der Waals surface area (Å²) in [5.41, 5.74) is 0. The molecule has 0 fully saturated rings. The Kier molecular flexibility index (Phi) is 9.70. The molecule has 0 spiro atoms. The predicted molar refractivity (Wildman–Crippen MR) is 81.7 cm³/mol. The summed E-state index contributed by atoms with van der Waals surface area (Å²) in [6.07, 6.45) is 3.13. The maximum Gasteiger partial charge on any atom is 0.161 e. The number of benzene rings is 1. The number of rotatable bonds is 12. The highest BCUT2D eigenvalue weighted by atomic mass is 16.5. The second-order valence-corrected chi connectivity index (χ2v) is 4.59. The van der Waals surface area contributed by atoms with Crippen LogP contribution < -0.4 is 14.8 Å². The van der Waals surface area contributed by atoms with Crippen LogP contribution >= 0.6 is 0 Å². The Hall–Kier alpha value is -1.26. The zero-order chi connectivity index (χ0) is 14.5. The minimum Gasteiger partial charge on any atom is -0.490 e. The van der Waals surface area contributed by atoms with Crippen molar-refractivity contribution < 1.29 is 14.2 Å². The van der Waals surface area contributed by atoms with Gasteiger partial charge in [-0.1, -0.05) is 19.1 Å². The molecule has 4 heteroatoms. The first-order chi connectivity index (χ1) is 9.88. The number of ether oxygens (including phenoxy) is 3. The molecule has 0 aliphatic carbocycles. The fourth-order valence-corrected chi connectivity index (χ4v) is 1.73. The highest BCUT2D eigenvalue weighted by Crippen LogP contribution is 2.26. The average molecular weight is 281 g/mol. The minimum atomic E-state index is 0.721. The third-order valence-corrected chi connectivity index (χ3v) is 2.80. The second kappa shape index (κ2) is 11.6.